The molecule has 0 aliphatic heterocycles. The van der Waals surface area contributed by atoms with Gasteiger partial charge >= 0.3 is 6.18 Å². The number of methoxy groups -OCH3 is 1. The average Bonchev–Trinajstić information content (AvgIpc) is 2.49. The Hall–Kier alpha value is -1.87. The molecule has 3 nitrogen and oxygen atoms in total. The Balaban J connectivity index is 2.71. The molecule has 0 spiro atoms. The zero-order valence-corrected chi connectivity index (χ0v) is 13.2. The van der Waals surface area contributed by atoms with Gasteiger partial charge in [-0.05, 0) is 18.1 Å². The minimum absolute atomic E-state index is 0.0741. The van der Waals surface area contributed by atoms with Crippen LogP contribution in [0.25, 0.3) is 0 Å². The van der Waals surface area contributed by atoms with E-state index in [2.05, 4.69) is 0 Å². The van der Waals surface area contributed by atoms with E-state index in [9.17, 15) is 23.2 Å². The number of halogens is 3. The number of benzene rings is 1. The van der Waals surface area contributed by atoms with Gasteiger partial charge in [-0.3, -0.25) is 4.79 Å². The second-order valence-corrected chi connectivity index (χ2v) is 6.54. The monoisotopic (exact) mass is 325 g/mol. The quantitative estimate of drug-likeness (QED) is 0.829. The van der Waals surface area contributed by atoms with E-state index in [0.29, 0.717) is 6.42 Å². The molecule has 0 radical (unpaired) electrons. The van der Waals surface area contributed by atoms with Gasteiger partial charge in [0.2, 0.25) is 0 Å². The highest BCUT2D eigenvalue weighted by Gasteiger charge is 2.56. The number of nitriles is 1. The normalized spacial score (nSPS) is 27.5. The van der Waals surface area contributed by atoms with Crippen LogP contribution in [0.5, 0.6) is 0 Å². The number of hydrogen-bond donors (Lipinski definition) is 0. The van der Waals surface area contributed by atoms with Crippen LogP contribution in [0, 0.1) is 16.7 Å². The van der Waals surface area contributed by atoms with E-state index in [1.165, 1.54) is 25.3 Å². The fourth-order valence-electron chi connectivity index (χ4n) is 3.40. The van der Waals surface area contributed by atoms with Gasteiger partial charge < -0.3 is 4.74 Å². The van der Waals surface area contributed by atoms with Crippen LogP contribution in [-0.2, 0) is 21.1 Å². The maximum Gasteiger partial charge on any atom is 0.416 e. The Morgan fingerprint density at radius 3 is 2.39 bits per heavy atom. The van der Waals surface area contributed by atoms with E-state index in [0.717, 1.165) is 6.07 Å². The maximum atomic E-state index is 13.4. The standard InChI is InChI=1S/C17H18F3NO2/c1-15(2)8-11(23-3)9-16(10-21,14(15)22)12-6-4-5-7-13(12)17(18,19)20/h4-7,11H,8-9H2,1-3H3. The summed E-state index contributed by atoms with van der Waals surface area (Å²) in [4.78, 5) is 12.9. The van der Waals surface area contributed by atoms with Crippen molar-refractivity contribution < 1.29 is 22.7 Å². The number of ketones is 1. The average molecular weight is 325 g/mol. The molecule has 1 aliphatic carbocycles. The number of ether oxygens (including phenoxy) is 1. The lowest BCUT2D eigenvalue weighted by atomic mass is 9.58. The summed E-state index contributed by atoms with van der Waals surface area (Å²) in [5.41, 5.74) is -4.01. The largest absolute Gasteiger partial charge is 0.416 e. The van der Waals surface area contributed by atoms with Crippen LogP contribution in [0.1, 0.15) is 37.8 Å². The SMILES string of the molecule is COC1CC(C)(C)C(=O)C(C#N)(c2ccccc2C(F)(F)F)C1. The molecular weight excluding hydrogens is 307 g/mol. The molecule has 0 saturated heterocycles. The van der Waals surface area contributed by atoms with Gasteiger partial charge in [0.15, 0.2) is 5.78 Å². The van der Waals surface area contributed by atoms with E-state index >= 15 is 0 Å². The van der Waals surface area contributed by atoms with E-state index < -0.39 is 34.5 Å². The van der Waals surface area contributed by atoms with E-state index in [1.807, 2.05) is 6.07 Å². The Bertz CT molecular complexity index is 661. The van der Waals surface area contributed by atoms with Gasteiger partial charge in [-0.15, -0.1) is 0 Å². The van der Waals surface area contributed by atoms with Gasteiger partial charge in [-0.25, -0.2) is 0 Å². The van der Waals surface area contributed by atoms with Crippen molar-refractivity contribution >= 4 is 5.78 Å². The smallest absolute Gasteiger partial charge is 0.381 e. The predicted molar refractivity (Wildman–Crippen MR) is 77.6 cm³/mol. The molecule has 0 amide bonds. The van der Waals surface area contributed by atoms with Gasteiger partial charge in [-0.1, -0.05) is 32.0 Å². The van der Waals surface area contributed by atoms with Crippen molar-refractivity contribution in [3.05, 3.63) is 35.4 Å². The first-order valence-corrected chi connectivity index (χ1v) is 7.24. The van der Waals surface area contributed by atoms with E-state index in [4.69, 9.17) is 4.74 Å². The Morgan fingerprint density at radius 2 is 1.87 bits per heavy atom. The summed E-state index contributed by atoms with van der Waals surface area (Å²) in [6.45, 7) is 3.28. The molecule has 0 aromatic heterocycles. The molecule has 2 unspecified atom stereocenters. The minimum Gasteiger partial charge on any atom is -0.381 e. The number of Topliss-reactive ketones (excluding diaryl/α,β-unsaturated/α-hetero) is 1. The van der Waals surface area contributed by atoms with Crippen molar-refractivity contribution in [1.29, 1.82) is 5.26 Å². The summed E-state index contributed by atoms with van der Waals surface area (Å²) in [6, 6.07) is 6.69. The molecule has 23 heavy (non-hydrogen) atoms. The van der Waals surface area contributed by atoms with Crippen LogP contribution in [0.2, 0.25) is 0 Å². The third-order valence-electron chi connectivity index (χ3n) is 4.49. The summed E-state index contributed by atoms with van der Waals surface area (Å²) in [5.74, 6) is -0.488. The first kappa shape index (κ1) is 17.5. The number of alkyl halides is 3. The first-order chi connectivity index (χ1) is 10.6. The van der Waals surface area contributed by atoms with E-state index in [-0.39, 0.29) is 12.0 Å². The first-order valence-electron chi connectivity index (χ1n) is 7.24. The van der Waals surface area contributed by atoms with Gasteiger partial charge in [-0.2, -0.15) is 18.4 Å². The molecule has 1 fully saturated rings. The van der Waals surface area contributed by atoms with Crippen molar-refractivity contribution in [2.45, 2.75) is 44.4 Å². The highest BCUT2D eigenvalue weighted by molar-refractivity contribution is 5.98. The highest BCUT2D eigenvalue weighted by Crippen LogP contribution is 2.48. The van der Waals surface area contributed by atoms with Crippen molar-refractivity contribution in [2.75, 3.05) is 7.11 Å². The third-order valence-corrected chi connectivity index (χ3v) is 4.49. The summed E-state index contributed by atoms with van der Waals surface area (Å²) in [5, 5.41) is 9.71. The summed E-state index contributed by atoms with van der Waals surface area (Å²) in [6.07, 6.45) is -4.79. The highest BCUT2D eigenvalue weighted by atomic mass is 19.4. The van der Waals surface area contributed by atoms with Gasteiger partial charge in [0, 0.05) is 18.9 Å². The number of carbonyl (C=O) groups excluding carboxylic acids is 1. The molecule has 0 N–H and O–H groups in total. The van der Waals surface area contributed by atoms with Crippen molar-refractivity contribution in [3.8, 4) is 6.07 Å². The Morgan fingerprint density at radius 1 is 1.26 bits per heavy atom. The fraction of sp³-hybridized carbons (Fsp3) is 0.529. The van der Waals surface area contributed by atoms with Gasteiger partial charge in [0.25, 0.3) is 0 Å². The van der Waals surface area contributed by atoms with Crippen molar-refractivity contribution in [1.82, 2.24) is 0 Å². The molecular formula is C17H18F3NO2. The summed E-state index contributed by atoms with van der Waals surface area (Å²) in [7, 11) is 1.44. The van der Waals surface area contributed by atoms with Crippen molar-refractivity contribution in [2.24, 2.45) is 5.41 Å². The Kier molecular flexibility index (Phi) is 4.29. The maximum absolute atomic E-state index is 13.4. The van der Waals surface area contributed by atoms with Gasteiger partial charge in [0.05, 0.1) is 17.7 Å². The number of hydrogen-bond acceptors (Lipinski definition) is 3. The Labute approximate surface area is 133 Å². The number of nitrogens with zero attached hydrogens (tertiary/aromatic N) is 1. The molecule has 2 atom stereocenters. The summed E-state index contributed by atoms with van der Waals surface area (Å²) < 4.78 is 45.4. The molecule has 124 valence electrons. The van der Waals surface area contributed by atoms with Crippen LogP contribution in [0.15, 0.2) is 24.3 Å². The fourth-order valence-corrected chi connectivity index (χ4v) is 3.40. The number of rotatable bonds is 2. The minimum atomic E-state index is -4.63. The number of carbonyl (C=O) groups is 1. The molecule has 0 heterocycles. The van der Waals surface area contributed by atoms with Crippen LogP contribution in [-0.4, -0.2) is 19.0 Å². The molecule has 0 bridgehead atoms. The molecule has 1 aliphatic rings. The second-order valence-electron chi connectivity index (χ2n) is 6.54. The molecule has 2 rings (SSSR count). The molecule has 1 aromatic rings. The molecule has 1 saturated carbocycles. The van der Waals surface area contributed by atoms with E-state index in [1.54, 1.807) is 13.8 Å². The molecule has 1 aromatic carbocycles. The second kappa shape index (κ2) is 5.64. The van der Waals surface area contributed by atoms with Gasteiger partial charge in [0.1, 0.15) is 5.41 Å². The zero-order chi connectivity index (χ0) is 17.5. The summed E-state index contributed by atoms with van der Waals surface area (Å²) >= 11 is 0. The molecule has 6 heteroatoms. The van der Waals surface area contributed by atoms with Crippen molar-refractivity contribution in [3.63, 3.8) is 0 Å². The predicted octanol–water partition coefficient (Wildman–Crippen LogP) is 3.87. The lowest BCUT2D eigenvalue weighted by Gasteiger charge is -2.43. The van der Waals surface area contributed by atoms with Crippen LogP contribution in [0.4, 0.5) is 13.2 Å². The zero-order valence-electron chi connectivity index (χ0n) is 13.2. The third kappa shape index (κ3) is 2.86. The van der Waals surface area contributed by atoms with Crippen LogP contribution < -0.4 is 0 Å². The lowest BCUT2D eigenvalue weighted by Crippen LogP contribution is -2.52. The lowest BCUT2D eigenvalue weighted by molar-refractivity contribution is -0.143. The van der Waals surface area contributed by atoms with Crippen LogP contribution in [0.3, 0.4) is 0 Å². The topological polar surface area (TPSA) is 50.1 Å². The van der Waals surface area contributed by atoms with Crippen LogP contribution >= 0.6 is 0 Å².